The van der Waals surface area contributed by atoms with Crippen LogP contribution in [0.15, 0.2) is 149 Å². The number of carbonyl (C=O) groups excluding carboxylic acids is 3. The van der Waals surface area contributed by atoms with Crippen LogP contribution in [0.25, 0.3) is 17.3 Å². The molecule has 3 amide bonds. The Balaban J connectivity index is 1.17. The fraction of sp³-hybridized carbons (Fsp3) is 0.0500. The number of nitrogens with one attached hydrogen (secondary N) is 3. The molecule has 1 aromatic heterocycles. The maximum Gasteiger partial charge on any atom is 0.272 e. The topological polar surface area (TPSA) is 100 Å². The number of hydrogen-bond acceptors (Lipinski definition) is 6. The molecule has 7 nitrogen and oxygen atoms in total. The number of benzene rings is 5. The third-order valence-electron chi connectivity index (χ3n) is 7.47. The Labute approximate surface area is 303 Å². The molecule has 50 heavy (non-hydrogen) atoms. The predicted molar refractivity (Wildman–Crippen MR) is 204 cm³/mol. The Hall–Kier alpha value is -5.48. The summed E-state index contributed by atoms with van der Waals surface area (Å²) in [6.45, 7) is 1.96. The average Bonchev–Trinajstić information content (AvgIpc) is 3.60. The summed E-state index contributed by atoms with van der Waals surface area (Å²) in [6, 6.07) is 40.5. The number of aromatic nitrogens is 1. The van der Waals surface area contributed by atoms with E-state index in [1.165, 1.54) is 23.1 Å². The van der Waals surface area contributed by atoms with Gasteiger partial charge < -0.3 is 16.0 Å². The number of thiazole rings is 1. The van der Waals surface area contributed by atoms with Crippen molar-refractivity contribution in [2.45, 2.75) is 17.1 Å². The molecule has 0 bridgehead atoms. The van der Waals surface area contributed by atoms with Gasteiger partial charge in [-0.15, -0.1) is 23.1 Å². The van der Waals surface area contributed by atoms with E-state index in [1.54, 1.807) is 48.5 Å². The van der Waals surface area contributed by atoms with Crippen LogP contribution in [-0.2, 0) is 9.59 Å². The van der Waals surface area contributed by atoms with E-state index in [2.05, 4.69) is 20.9 Å². The number of aryl methyl sites for hydroxylation is 1. The van der Waals surface area contributed by atoms with Gasteiger partial charge in [0.1, 0.15) is 10.9 Å². The molecule has 3 N–H and O–H groups in total. The van der Waals surface area contributed by atoms with Gasteiger partial charge in [-0.05, 0) is 66.6 Å². The third kappa shape index (κ3) is 8.95. The van der Waals surface area contributed by atoms with Crippen LogP contribution < -0.4 is 16.0 Å². The third-order valence-corrected chi connectivity index (χ3v) is 9.83. The second-order valence-corrected chi connectivity index (χ2v) is 13.6. The van der Waals surface area contributed by atoms with Crippen molar-refractivity contribution in [1.82, 2.24) is 10.3 Å². The second kappa shape index (κ2) is 16.3. The zero-order valence-electron chi connectivity index (χ0n) is 26.8. The van der Waals surface area contributed by atoms with E-state index in [-0.39, 0.29) is 11.6 Å². The quantitative estimate of drug-likeness (QED) is 0.0917. The average molecular weight is 715 g/mol. The Morgan fingerprint density at radius 3 is 2.22 bits per heavy atom. The Kier molecular flexibility index (Phi) is 11.2. The monoisotopic (exact) mass is 714 g/mol. The SMILES string of the molecule is Cc1cccc(/C=C(\NC(=O)c2ccccc2)C(=O)Nc2ccc(SC(C(=O)Nc3nc(-c4ccccc4Cl)cs3)c3ccccc3)cc2)c1. The molecule has 6 aromatic rings. The van der Waals surface area contributed by atoms with E-state index in [4.69, 9.17) is 11.6 Å². The summed E-state index contributed by atoms with van der Waals surface area (Å²) in [5, 5.41) is 11.0. The summed E-state index contributed by atoms with van der Waals surface area (Å²) >= 11 is 9.07. The first kappa shape index (κ1) is 34.4. The number of anilines is 2. The highest BCUT2D eigenvalue weighted by atomic mass is 35.5. The molecule has 0 fully saturated rings. The summed E-state index contributed by atoms with van der Waals surface area (Å²) in [5.74, 6) is -1.09. The van der Waals surface area contributed by atoms with Gasteiger partial charge in [0.25, 0.3) is 11.8 Å². The molecule has 0 aliphatic carbocycles. The summed E-state index contributed by atoms with van der Waals surface area (Å²) < 4.78 is 0. The van der Waals surface area contributed by atoms with Gasteiger partial charge in [-0.2, -0.15) is 0 Å². The van der Waals surface area contributed by atoms with Crippen LogP contribution in [0.1, 0.15) is 32.3 Å². The summed E-state index contributed by atoms with van der Waals surface area (Å²) in [7, 11) is 0. The van der Waals surface area contributed by atoms with Gasteiger partial charge in [0.2, 0.25) is 5.91 Å². The molecule has 6 rings (SSSR count). The maximum atomic E-state index is 13.7. The van der Waals surface area contributed by atoms with Crippen LogP contribution in [0.4, 0.5) is 10.8 Å². The summed E-state index contributed by atoms with van der Waals surface area (Å²) in [5.41, 5.74) is 5.18. The molecular formula is C40H31ClN4O3S2. The molecule has 0 aliphatic heterocycles. The molecular weight excluding hydrogens is 684 g/mol. The van der Waals surface area contributed by atoms with Crippen LogP contribution in [0.5, 0.6) is 0 Å². The van der Waals surface area contributed by atoms with Gasteiger partial charge in [-0.1, -0.05) is 108 Å². The van der Waals surface area contributed by atoms with E-state index in [1.807, 2.05) is 103 Å². The van der Waals surface area contributed by atoms with Gasteiger partial charge >= 0.3 is 0 Å². The van der Waals surface area contributed by atoms with Crippen molar-refractivity contribution in [2.75, 3.05) is 10.6 Å². The normalized spacial score (nSPS) is 11.8. The smallest absolute Gasteiger partial charge is 0.272 e. The van der Waals surface area contributed by atoms with Crippen molar-refractivity contribution in [3.63, 3.8) is 0 Å². The van der Waals surface area contributed by atoms with E-state index >= 15 is 0 Å². The number of rotatable bonds is 11. The van der Waals surface area contributed by atoms with Gasteiger partial charge in [-0.25, -0.2) is 4.98 Å². The van der Waals surface area contributed by atoms with E-state index in [0.717, 1.165) is 27.1 Å². The number of nitrogens with zero attached hydrogens (tertiary/aromatic N) is 1. The molecule has 0 saturated heterocycles. The zero-order chi connectivity index (χ0) is 34.9. The lowest BCUT2D eigenvalue weighted by Gasteiger charge is -2.17. The molecule has 1 unspecified atom stereocenters. The predicted octanol–water partition coefficient (Wildman–Crippen LogP) is 9.65. The van der Waals surface area contributed by atoms with Crippen LogP contribution in [0, 0.1) is 6.92 Å². The van der Waals surface area contributed by atoms with E-state index < -0.39 is 17.1 Å². The van der Waals surface area contributed by atoms with Crippen molar-refractivity contribution in [3.05, 3.63) is 172 Å². The van der Waals surface area contributed by atoms with Gasteiger partial charge in [0.05, 0.1) is 5.69 Å². The number of carbonyl (C=O) groups is 3. The Morgan fingerprint density at radius 2 is 1.50 bits per heavy atom. The van der Waals surface area contributed by atoms with Crippen LogP contribution in [0.3, 0.4) is 0 Å². The summed E-state index contributed by atoms with van der Waals surface area (Å²) in [6.07, 6.45) is 1.65. The first-order chi connectivity index (χ1) is 24.3. The molecule has 0 aliphatic rings. The molecule has 0 radical (unpaired) electrons. The van der Waals surface area contributed by atoms with Crippen molar-refractivity contribution in [2.24, 2.45) is 0 Å². The molecule has 5 aromatic carbocycles. The number of halogens is 1. The Morgan fingerprint density at radius 1 is 0.800 bits per heavy atom. The molecule has 1 heterocycles. The van der Waals surface area contributed by atoms with Crippen molar-refractivity contribution in [3.8, 4) is 11.3 Å². The molecule has 1 atom stereocenters. The molecule has 0 saturated carbocycles. The van der Waals surface area contributed by atoms with E-state index in [9.17, 15) is 14.4 Å². The maximum absolute atomic E-state index is 13.7. The van der Waals surface area contributed by atoms with Gasteiger partial charge in [0.15, 0.2) is 5.13 Å². The van der Waals surface area contributed by atoms with Crippen molar-refractivity contribution >= 4 is 69.3 Å². The molecule has 0 spiro atoms. The van der Waals surface area contributed by atoms with Crippen molar-refractivity contribution in [1.29, 1.82) is 0 Å². The molecule has 10 heteroatoms. The van der Waals surface area contributed by atoms with Crippen molar-refractivity contribution < 1.29 is 14.4 Å². The number of amides is 3. The first-order valence-electron chi connectivity index (χ1n) is 15.6. The zero-order valence-corrected chi connectivity index (χ0v) is 29.2. The highest BCUT2D eigenvalue weighted by molar-refractivity contribution is 8.00. The lowest BCUT2D eigenvalue weighted by Crippen LogP contribution is -2.30. The highest BCUT2D eigenvalue weighted by Gasteiger charge is 2.24. The highest BCUT2D eigenvalue weighted by Crippen LogP contribution is 2.38. The van der Waals surface area contributed by atoms with Crippen LogP contribution in [0.2, 0.25) is 5.02 Å². The largest absolute Gasteiger partial charge is 0.321 e. The fourth-order valence-corrected chi connectivity index (χ4v) is 6.99. The van der Waals surface area contributed by atoms with Crippen LogP contribution in [-0.4, -0.2) is 22.7 Å². The number of hydrogen-bond donors (Lipinski definition) is 3. The lowest BCUT2D eigenvalue weighted by atomic mass is 10.1. The number of thioether (sulfide) groups is 1. The minimum atomic E-state index is -0.582. The summed E-state index contributed by atoms with van der Waals surface area (Å²) in [4.78, 5) is 45.6. The van der Waals surface area contributed by atoms with Gasteiger partial charge in [-0.3, -0.25) is 14.4 Å². The Bertz CT molecular complexity index is 2150. The first-order valence-corrected chi connectivity index (χ1v) is 17.8. The van der Waals surface area contributed by atoms with Gasteiger partial charge in [0, 0.05) is 32.1 Å². The lowest BCUT2D eigenvalue weighted by molar-refractivity contribution is -0.116. The molecule has 248 valence electrons. The van der Waals surface area contributed by atoms with Crippen LogP contribution >= 0.6 is 34.7 Å². The van der Waals surface area contributed by atoms with E-state index in [0.29, 0.717) is 27.1 Å². The standard InChI is InChI=1S/C40H31ClN4O3S2/c1-26-11-10-12-27(23-26)24-34(43-37(46)29-15-6-3-7-16-29)38(47)42-30-19-21-31(22-20-30)50-36(28-13-4-2-5-14-28)39(48)45-40-44-35(25-49-40)32-17-8-9-18-33(32)41/h2-25,36H,1H3,(H,42,47)(H,43,46)(H,44,45,48)/b34-24-. The minimum Gasteiger partial charge on any atom is -0.321 e. The fourth-order valence-electron chi connectivity index (χ4n) is 5.02. The second-order valence-electron chi connectivity index (χ2n) is 11.2. The minimum absolute atomic E-state index is 0.101.